The van der Waals surface area contributed by atoms with Crippen LogP contribution in [0.5, 0.6) is 0 Å². The van der Waals surface area contributed by atoms with E-state index < -0.39 is 24.1 Å². The van der Waals surface area contributed by atoms with Crippen molar-refractivity contribution in [3.8, 4) is 0 Å². The Labute approximate surface area is 71.5 Å². The number of carbonyl (C=O) groups is 1. The van der Waals surface area contributed by atoms with Crippen LogP contribution in [0.3, 0.4) is 0 Å². The molecule has 4 nitrogen and oxygen atoms in total. The Morgan fingerprint density at radius 3 is 2.42 bits per heavy atom. The van der Waals surface area contributed by atoms with Gasteiger partial charge in [0.05, 0.1) is 6.10 Å². The predicted octanol–water partition coefficient (Wildman–Crippen LogP) is 0.0862. The second-order valence-corrected chi connectivity index (χ2v) is 3.44. The third-order valence-corrected chi connectivity index (χ3v) is 1.77. The molecule has 1 fully saturated rings. The summed E-state index contributed by atoms with van der Waals surface area (Å²) in [5.74, 6) is -0.771. The van der Waals surface area contributed by atoms with Crippen molar-refractivity contribution in [2.75, 3.05) is 0 Å². The van der Waals surface area contributed by atoms with Crippen LogP contribution < -0.4 is 0 Å². The Hall–Kier alpha value is -0.450. The summed E-state index contributed by atoms with van der Waals surface area (Å²) in [5.41, 5.74) is 0. The number of rotatable bonds is 2. The third-order valence-electron chi connectivity index (χ3n) is 1.77. The quantitative estimate of drug-likeness (QED) is 0.602. The van der Waals surface area contributed by atoms with E-state index in [1.54, 1.807) is 20.8 Å². The Morgan fingerprint density at radius 1 is 1.50 bits per heavy atom. The summed E-state index contributed by atoms with van der Waals surface area (Å²) in [6.45, 7) is 5.00. The van der Waals surface area contributed by atoms with E-state index in [-0.39, 0.29) is 0 Å². The topological polar surface area (TPSA) is 55.8 Å². The van der Waals surface area contributed by atoms with E-state index in [4.69, 9.17) is 9.47 Å². The largest absolute Gasteiger partial charge is 0.391 e. The molecule has 0 aromatic carbocycles. The summed E-state index contributed by atoms with van der Waals surface area (Å²) in [6, 6.07) is 0. The van der Waals surface area contributed by atoms with Gasteiger partial charge < -0.3 is 19.4 Å². The average molecular weight is 174 g/mol. The standard InChI is InChI=1S/C8H14O4/c1-5(10)7-6(4-9)11-8(2,3)12-7/h4-7,10H,1-3H3/t5-,6-,7+/m0/s1. The van der Waals surface area contributed by atoms with Gasteiger partial charge in [0.25, 0.3) is 0 Å². The highest BCUT2D eigenvalue weighted by atomic mass is 16.8. The fourth-order valence-electron chi connectivity index (χ4n) is 1.30. The molecule has 1 heterocycles. The van der Waals surface area contributed by atoms with Crippen LogP contribution in [-0.4, -0.2) is 35.5 Å². The number of aliphatic hydroxyl groups is 1. The lowest BCUT2D eigenvalue weighted by molar-refractivity contribution is -0.155. The summed E-state index contributed by atoms with van der Waals surface area (Å²) < 4.78 is 10.5. The molecule has 0 amide bonds. The molecule has 1 rings (SSSR count). The van der Waals surface area contributed by atoms with Gasteiger partial charge in [0.1, 0.15) is 12.2 Å². The Bertz CT molecular complexity index is 176. The summed E-state index contributed by atoms with van der Waals surface area (Å²) in [5, 5.41) is 9.22. The van der Waals surface area contributed by atoms with Gasteiger partial charge in [-0.2, -0.15) is 0 Å². The molecule has 0 saturated carbocycles. The SMILES string of the molecule is C[C@H](O)[C@H]1OC(C)(C)O[C@H]1C=O. The second-order valence-electron chi connectivity index (χ2n) is 3.44. The molecular weight excluding hydrogens is 160 g/mol. The molecule has 70 valence electrons. The number of hydrogen-bond donors (Lipinski definition) is 1. The number of aliphatic hydroxyl groups excluding tert-OH is 1. The van der Waals surface area contributed by atoms with Crippen molar-refractivity contribution >= 4 is 6.29 Å². The lowest BCUT2D eigenvalue weighted by Crippen LogP contribution is -2.34. The van der Waals surface area contributed by atoms with E-state index in [0.29, 0.717) is 6.29 Å². The first-order valence-corrected chi connectivity index (χ1v) is 3.95. The molecule has 1 aliphatic rings. The highest BCUT2D eigenvalue weighted by Gasteiger charge is 2.43. The Balaban J connectivity index is 2.69. The van der Waals surface area contributed by atoms with Gasteiger partial charge in [-0.1, -0.05) is 0 Å². The minimum Gasteiger partial charge on any atom is -0.391 e. The fraction of sp³-hybridized carbons (Fsp3) is 0.875. The second kappa shape index (κ2) is 3.12. The van der Waals surface area contributed by atoms with Crippen LogP contribution in [0.25, 0.3) is 0 Å². The van der Waals surface area contributed by atoms with Gasteiger partial charge in [-0.3, -0.25) is 0 Å². The zero-order chi connectivity index (χ0) is 9.35. The van der Waals surface area contributed by atoms with E-state index in [1.165, 1.54) is 0 Å². The lowest BCUT2D eigenvalue weighted by Gasteiger charge is -2.17. The summed E-state index contributed by atoms with van der Waals surface area (Å²) in [6.07, 6.45) is -1.23. The molecule has 0 spiro atoms. The van der Waals surface area contributed by atoms with Crippen molar-refractivity contribution in [3.05, 3.63) is 0 Å². The van der Waals surface area contributed by atoms with Gasteiger partial charge in [-0.25, -0.2) is 0 Å². The molecule has 1 saturated heterocycles. The minimum atomic E-state index is -0.771. The van der Waals surface area contributed by atoms with Gasteiger partial charge in [0, 0.05) is 0 Å². The maximum Gasteiger partial charge on any atom is 0.164 e. The van der Waals surface area contributed by atoms with Crippen molar-refractivity contribution < 1.29 is 19.4 Å². The third kappa shape index (κ3) is 1.83. The number of ether oxygens (including phenoxy) is 2. The highest BCUT2D eigenvalue weighted by Crippen LogP contribution is 2.28. The predicted molar refractivity (Wildman–Crippen MR) is 41.6 cm³/mol. The molecule has 3 atom stereocenters. The average Bonchev–Trinajstić information content (AvgIpc) is 2.25. The molecule has 12 heavy (non-hydrogen) atoms. The van der Waals surface area contributed by atoms with E-state index in [1.807, 2.05) is 0 Å². The van der Waals surface area contributed by atoms with Crippen LogP contribution >= 0.6 is 0 Å². The van der Waals surface area contributed by atoms with Crippen molar-refractivity contribution in [1.29, 1.82) is 0 Å². The van der Waals surface area contributed by atoms with Gasteiger partial charge in [-0.05, 0) is 20.8 Å². The highest BCUT2D eigenvalue weighted by molar-refractivity contribution is 5.57. The first-order valence-electron chi connectivity index (χ1n) is 3.95. The van der Waals surface area contributed by atoms with Crippen LogP contribution in [0.4, 0.5) is 0 Å². The van der Waals surface area contributed by atoms with Gasteiger partial charge >= 0.3 is 0 Å². The summed E-state index contributed by atoms with van der Waals surface area (Å²) >= 11 is 0. The van der Waals surface area contributed by atoms with Crippen LogP contribution in [0.1, 0.15) is 20.8 Å². The summed E-state index contributed by atoms with van der Waals surface area (Å²) in [4.78, 5) is 10.5. The van der Waals surface area contributed by atoms with E-state index in [2.05, 4.69) is 0 Å². The van der Waals surface area contributed by atoms with Crippen molar-refractivity contribution in [1.82, 2.24) is 0 Å². The van der Waals surface area contributed by atoms with Crippen LogP contribution in [0.2, 0.25) is 0 Å². The molecule has 0 radical (unpaired) electrons. The molecular formula is C8H14O4. The maximum absolute atomic E-state index is 10.5. The zero-order valence-corrected chi connectivity index (χ0v) is 7.48. The van der Waals surface area contributed by atoms with E-state index in [9.17, 15) is 9.90 Å². The van der Waals surface area contributed by atoms with Crippen LogP contribution in [-0.2, 0) is 14.3 Å². The summed E-state index contributed by atoms with van der Waals surface area (Å²) in [7, 11) is 0. The Kier molecular flexibility index (Phi) is 2.51. The fourth-order valence-corrected chi connectivity index (χ4v) is 1.30. The minimum absolute atomic E-state index is 0.544. The molecule has 0 aliphatic carbocycles. The molecule has 0 aromatic rings. The van der Waals surface area contributed by atoms with Crippen LogP contribution in [0, 0.1) is 0 Å². The van der Waals surface area contributed by atoms with E-state index in [0.717, 1.165) is 0 Å². The molecule has 0 aromatic heterocycles. The van der Waals surface area contributed by atoms with Crippen LogP contribution in [0.15, 0.2) is 0 Å². The number of carbonyl (C=O) groups excluding carboxylic acids is 1. The lowest BCUT2D eigenvalue weighted by atomic mass is 10.1. The first kappa shape index (κ1) is 9.64. The molecule has 4 heteroatoms. The molecule has 0 unspecified atom stereocenters. The van der Waals surface area contributed by atoms with Gasteiger partial charge in [0.15, 0.2) is 12.1 Å². The molecule has 1 aliphatic heterocycles. The monoisotopic (exact) mass is 174 g/mol. The normalized spacial score (nSPS) is 36.3. The smallest absolute Gasteiger partial charge is 0.164 e. The number of aldehydes is 1. The van der Waals surface area contributed by atoms with E-state index >= 15 is 0 Å². The van der Waals surface area contributed by atoms with Crippen molar-refractivity contribution in [3.63, 3.8) is 0 Å². The van der Waals surface area contributed by atoms with Crippen molar-refractivity contribution in [2.24, 2.45) is 0 Å². The zero-order valence-electron chi connectivity index (χ0n) is 7.48. The van der Waals surface area contributed by atoms with Gasteiger partial charge in [0.2, 0.25) is 0 Å². The molecule has 1 N–H and O–H groups in total. The first-order chi connectivity index (χ1) is 5.46. The molecule has 0 bridgehead atoms. The van der Waals surface area contributed by atoms with Crippen molar-refractivity contribution in [2.45, 2.75) is 44.9 Å². The Morgan fingerprint density at radius 2 is 2.08 bits per heavy atom. The maximum atomic E-state index is 10.5. The number of hydrogen-bond acceptors (Lipinski definition) is 4. The van der Waals surface area contributed by atoms with Gasteiger partial charge in [-0.15, -0.1) is 0 Å².